The third kappa shape index (κ3) is 2.46. The molecule has 19 heavy (non-hydrogen) atoms. The van der Waals surface area contributed by atoms with Gasteiger partial charge >= 0.3 is 0 Å². The Hall–Kier alpha value is -1.51. The summed E-state index contributed by atoms with van der Waals surface area (Å²) in [4.78, 5) is 6.74. The number of benzene rings is 1. The summed E-state index contributed by atoms with van der Waals surface area (Å²) in [6.07, 6.45) is 0. The zero-order chi connectivity index (χ0) is 14.2. The highest BCUT2D eigenvalue weighted by molar-refractivity contribution is 5.81. The molecule has 0 aromatic heterocycles. The summed E-state index contributed by atoms with van der Waals surface area (Å²) < 4.78 is 0. The molecule has 0 fully saturated rings. The van der Waals surface area contributed by atoms with Crippen molar-refractivity contribution < 1.29 is 0 Å². The number of aryl methyl sites for hydroxylation is 2. The van der Waals surface area contributed by atoms with Crippen molar-refractivity contribution in [3.63, 3.8) is 0 Å². The molecule has 1 atom stereocenters. The van der Waals surface area contributed by atoms with Gasteiger partial charge in [0.1, 0.15) is 0 Å². The number of rotatable bonds is 3. The number of hydrogen-bond donors (Lipinski definition) is 1. The lowest BCUT2D eigenvalue weighted by atomic mass is 9.86. The van der Waals surface area contributed by atoms with Crippen LogP contribution >= 0.6 is 0 Å². The standard InChI is InChI=1S/C16H25N3/c1-11(2)9-19-15(17)18-10-16(19,5)14-7-6-12(3)8-13(14)4/h6-8,11H,9-10H2,1-5H3,(H2,17,18). The molecule has 1 aromatic rings. The maximum atomic E-state index is 6.10. The van der Waals surface area contributed by atoms with Crippen LogP contribution < -0.4 is 5.73 Å². The summed E-state index contributed by atoms with van der Waals surface area (Å²) in [6.45, 7) is 12.7. The van der Waals surface area contributed by atoms with Gasteiger partial charge in [0, 0.05) is 6.54 Å². The monoisotopic (exact) mass is 259 g/mol. The van der Waals surface area contributed by atoms with Crippen LogP contribution in [-0.2, 0) is 5.54 Å². The maximum Gasteiger partial charge on any atom is 0.192 e. The van der Waals surface area contributed by atoms with Crippen molar-refractivity contribution in [3.8, 4) is 0 Å². The lowest BCUT2D eigenvalue weighted by Gasteiger charge is -2.38. The van der Waals surface area contributed by atoms with Gasteiger partial charge in [-0.15, -0.1) is 0 Å². The Morgan fingerprint density at radius 1 is 1.37 bits per heavy atom. The van der Waals surface area contributed by atoms with E-state index in [2.05, 4.69) is 62.7 Å². The molecule has 1 aliphatic rings. The van der Waals surface area contributed by atoms with E-state index in [-0.39, 0.29) is 5.54 Å². The molecule has 1 unspecified atom stereocenters. The normalized spacial score (nSPS) is 23.1. The van der Waals surface area contributed by atoms with Crippen molar-refractivity contribution in [2.45, 2.75) is 40.2 Å². The van der Waals surface area contributed by atoms with Crippen molar-refractivity contribution in [2.75, 3.05) is 13.1 Å². The average molecular weight is 259 g/mol. The lowest BCUT2D eigenvalue weighted by Crippen LogP contribution is -2.49. The third-order valence-electron chi connectivity index (χ3n) is 3.93. The number of guanidine groups is 1. The van der Waals surface area contributed by atoms with Gasteiger partial charge in [-0.25, -0.2) is 0 Å². The fraction of sp³-hybridized carbons (Fsp3) is 0.562. The minimum absolute atomic E-state index is 0.105. The lowest BCUT2D eigenvalue weighted by molar-refractivity contribution is 0.203. The highest BCUT2D eigenvalue weighted by Gasteiger charge is 2.40. The molecular formula is C16H25N3. The van der Waals surface area contributed by atoms with Crippen molar-refractivity contribution in [3.05, 3.63) is 34.9 Å². The number of hydrogen-bond acceptors (Lipinski definition) is 3. The molecule has 0 aliphatic carbocycles. The topological polar surface area (TPSA) is 41.6 Å². The van der Waals surface area contributed by atoms with Crippen molar-refractivity contribution in [1.82, 2.24) is 4.90 Å². The van der Waals surface area contributed by atoms with Crippen molar-refractivity contribution in [2.24, 2.45) is 16.6 Å². The highest BCUT2D eigenvalue weighted by atomic mass is 15.4. The molecule has 2 N–H and O–H groups in total. The first kappa shape index (κ1) is 13.9. The Balaban J connectivity index is 2.41. The van der Waals surface area contributed by atoms with Gasteiger partial charge < -0.3 is 10.6 Å². The molecule has 1 aromatic carbocycles. The predicted octanol–water partition coefficient (Wildman–Crippen LogP) is 2.80. The highest BCUT2D eigenvalue weighted by Crippen LogP contribution is 2.35. The molecule has 1 heterocycles. The van der Waals surface area contributed by atoms with Crippen LogP contribution in [0.1, 0.15) is 37.5 Å². The van der Waals surface area contributed by atoms with Gasteiger partial charge in [0.2, 0.25) is 0 Å². The molecule has 0 spiro atoms. The van der Waals surface area contributed by atoms with E-state index < -0.39 is 0 Å². The van der Waals surface area contributed by atoms with E-state index >= 15 is 0 Å². The predicted molar refractivity (Wildman–Crippen MR) is 81.3 cm³/mol. The van der Waals surface area contributed by atoms with Crippen LogP contribution in [0.3, 0.4) is 0 Å². The summed E-state index contributed by atoms with van der Waals surface area (Å²) in [5.74, 6) is 1.24. The number of nitrogens with zero attached hydrogens (tertiary/aromatic N) is 2. The van der Waals surface area contributed by atoms with Crippen LogP contribution in [0, 0.1) is 19.8 Å². The van der Waals surface area contributed by atoms with E-state index in [0.29, 0.717) is 11.9 Å². The first-order valence-electron chi connectivity index (χ1n) is 7.00. The van der Waals surface area contributed by atoms with Crippen LogP contribution in [0.15, 0.2) is 23.2 Å². The first-order chi connectivity index (χ1) is 8.84. The molecule has 2 rings (SSSR count). The Kier molecular flexibility index (Phi) is 3.57. The second-order valence-electron chi connectivity index (χ2n) is 6.27. The van der Waals surface area contributed by atoms with Crippen LogP contribution in [0.5, 0.6) is 0 Å². The van der Waals surface area contributed by atoms with Gasteiger partial charge in [-0.3, -0.25) is 4.99 Å². The quantitative estimate of drug-likeness (QED) is 0.907. The Morgan fingerprint density at radius 3 is 2.63 bits per heavy atom. The molecule has 1 aliphatic heterocycles. The second kappa shape index (κ2) is 4.87. The second-order valence-corrected chi connectivity index (χ2v) is 6.27. The molecule has 3 heteroatoms. The van der Waals surface area contributed by atoms with E-state index in [1.54, 1.807) is 0 Å². The van der Waals surface area contributed by atoms with E-state index in [0.717, 1.165) is 13.1 Å². The van der Waals surface area contributed by atoms with Crippen LogP contribution in [0.25, 0.3) is 0 Å². The Labute approximate surface area is 116 Å². The van der Waals surface area contributed by atoms with E-state index in [1.807, 2.05) is 0 Å². The number of aliphatic imine (C=N–C) groups is 1. The summed E-state index contributed by atoms with van der Waals surface area (Å²) in [5, 5.41) is 0. The van der Waals surface area contributed by atoms with Crippen molar-refractivity contribution in [1.29, 1.82) is 0 Å². The maximum absolute atomic E-state index is 6.10. The van der Waals surface area contributed by atoms with Crippen LogP contribution in [0.4, 0.5) is 0 Å². The fourth-order valence-electron chi connectivity index (χ4n) is 2.97. The zero-order valence-electron chi connectivity index (χ0n) is 12.7. The molecule has 0 radical (unpaired) electrons. The van der Waals surface area contributed by atoms with Gasteiger partial charge in [0.25, 0.3) is 0 Å². The average Bonchev–Trinajstić information content (AvgIpc) is 2.57. The van der Waals surface area contributed by atoms with Gasteiger partial charge in [-0.05, 0) is 37.8 Å². The summed E-state index contributed by atoms with van der Waals surface area (Å²) >= 11 is 0. The minimum atomic E-state index is -0.105. The molecule has 0 saturated carbocycles. The fourth-order valence-corrected chi connectivity index (χ4v) is 2.97. The van der Waals surface area contributed by atoms with E-state index in [9.17, 15) is 0 Å². The Bertz CT molecular complexity index is 505. The van der Waals surface area contributed by atoms with Crippen LogP contribution in [-0.4, -0.2) is 23.9 Å². The van der Waals surface area contributed by atoms with E-state index in [1.165, 1.54) is 16.7 Å². The van der Waals surface area contributed by atoms with Gasteiger partial charge in [0.05, 0.1) is 12.1 Å². The molecule has 0 amide bonds. The third-order valence-corrected chi connectivity index (χ3v) is 3.93. The molecule has 0 bridgehead atoms. The van der Waals surface area contributed by atoms with Crippen molar-refractivity contribution >= 4 is 5.96 Å². The van der Waals surface area contributed by atoms with Gasteiger partial charge in [-0.2, -0.15) is 0 Å². The largest absolute Gasteiger partial charge is 0.370 e. The summed E-state index contributed by atoms with van der Waals surface area (Å²) in [5.41, 5.74) is 9.95. The smallest absolute Gasteiger partial charge is 0.192 e. The Morgan fingerprint density at radius 2 is 2.05 bits per heavy atom. The minimum Gasteiger partial charge on any atom is -0.370 e. The molecule has 0 saturated heterocycles. The van der Waals surface area contributed by atoms with Crippen LogP contribution in [0.2, 0.25) is 0 Å². The van der Waals surface area contributed by atoms with E-state index in [4.69, 9.17) is 5.73 Å². The van der Waals surface area contributed by atoms with Gasteiger partial charge in [0.15, 0.2) is 5.96 Å². The molecular weight excluding hydrogens is 234 g/mol. The summed E-state index contributed by atoms with van der Waals surface area (Å²) in [7, 11) is 0. The first-order valence-corrected chi connectivity index (χ1v) is 7.00. The SMILES string of the molecule is Cc1ccc(C2(C)CN=C(N)N2CC(C)C)c(C)c1. The summed E-state index contributed by atoms with van der Waals surface area (Å²) in [6, 6.07) is 6.64. The van der Waals surface area contributed by atoms with Gasteiger partial charge in [-0.1, -0.05) is 37.6 Å². The molecule has 104 valence electrons. The zero-order valence-corrected chi connectivity index (χ0v) is 12.7. The number of nitrogens with two attached hydrogens (primary N) is 1. The molecule has 3 nitrogen and oxygen atoms in total.